The molecule has 2 amide bonds. The summed E-state index contributed by atoms with van der Waals surface area (Å²) in [6.45, 7) is 13.2. The lowest BCUT2D eigenvalue weighted by molar-refractivity contribution is -0.133. The molecule has 1 heterocycles. The Morgan fingerprint density at radius 3 is 1.96 bits per heavy atom. The molecular weight excluding hydrogens is 312 g/mol. The standard InChI is InChI=1S/C21H32N2O2/c1-15(2)11-20(24)22-7-6-8-23(10-9-22)21(25)14-19-17(4)12-16(3)13-18(19)5/h12-13,15H,6-11,14H2,1-5H3. The molecule has 138 valence electrons. The number of amides is 2. The predicted octanol–water partition coefficient (Wildman–Crippen LogP) is 3.26. The van der Waals surface area contributed by atoms with E-state index in [1.54, 1.807) is 0 Å². The Hall–Kier alpha value is -1.84. The largest absolute Gasteiger partial charge is 0.341 e. The van der Waals surface area contributed by atoms with Crippen molar-refractivity contribution in [1.82, 2.24) is 9.80 Å². The smallest absolute Gasteiger partial charge is 0.227 e. The van der Waals surface area contributed by atoms with Gasteiger partial charge in [0.2, 0.25) is 11.8 Å². The van der Waals surface area contributed by atoms with Crippen molar-refractivity contribution in [3.05, 3.63) is 34.4 Å². The quantitative estimate of drug-likeness (QED) is 0.841. The molecular formula is C21H32N2O2. The molecule has 1 aliphatic rings. The van der Waals surface area contributed by atoms with Crippen LogP contribution in [-0.2, 0) is 16.0 Å². The molecule has 0 atom stereocenters. The molecule has 4 nitrogen and oxygen atoms in total. The number of carbonyl (C=O) groups excluding carboxylic acids is 2. The Bertz CT molecular complexity index is 614. The van der Waals surface area contributed by atoms with Gasteiger partial charge >= 0.3 is 0 Å². The van der Waals surface area contributed by atoms with Crippen molar-refractivity contribution in [2.75, 3.05) is 26.2 Å². The molecule has 25 heavy (non-hydrogen) atoms. The van der Waals surface area contributed by atoms with Crippen LogP contribution in [-0.4, -0.2) is 47.8 Å². The molecule has 1 aliphatic heterocycles. The Morgan fingerprint density at radius 2 is 1.44 bits per heavy atom. The third-order valence-electron chi connectivity index (χ3n) is 4.95. The average Bonchev–Trinajstić information content (AvgIpc) is 2.76. The van der Waals surface area contributed by atoms with Crippen LogP contribution in [0.25, 0.3) is 0 Å². The Balaban J connectivity index is 1.98. The molecule has 0 unspecified atom stereocenters. The summed E-state index contributed by atoms with van der Waals surface area (Å²) in [6.07, 6.45) is 1.91. The molecule has 0 spiro atoms. The van der Waals surface area contributed by atoms with E-state index in [4.69, 9.17) is 0 Å². The molecule has 0 N–H and O–H groups in total. The molecule has 0 bridgehead atoms. The van der Waals surface area contributed by atoms with Crippen LogP contribution in [0.15, 0.2) is 12.1 Å². The number of hydrogen-bond acceptors (Lipinski definition) is 2. The molecule has 4 heteroatoms. The van der Waals surface area contributed by atoms with Gasteiger partial charge in [-0.25, -0.2) is 0 Å². The van der Waals surface area contributed by atoms with Crippen LogP contribution < -0.4 is 0 Å². The molecule has 0 radical (unpaired) electrons. The van der Waals surface area contributed by atoms with Crippen LogP contribution in [0.5, 0.6) is 0 Å². The normalized spacial score (nSPS) is 15.4. The van der Waals surface area contributed by atoms with E-state index in [1.165, 1.54) is 16.7 Å². The molecule has 0 saturated carbocycles. The zero-order chi connectivity index (χ0) is 18.6. The number of aryl methyl sites for hydroxylation is 3. The van der Waals surface area contributed by atoms with E-state index in [9.17, 15) is 9.59 Å². The highest BCUT2D eigenvalue weighted by Gasteiger charge is 2.23. The molecule has 2 rings (SSSR count). The highest BCUT2D eigenvalue weighted by Crippen LogP contribution is 2.18. The zero-order valence-corrected chi connectivity index (χ0v) is 16.4. The fourth-order valence-corrected chi connectivity index (χ4v) is 3.65. The maximum absolute atomic E-state index is 12.8. The Labute approximate surface area is 152 Å². The maximum atomic E-state index is 12.8. The van der Waals surface area contributed by atoms with Gasteiger partial charge in [-0.05, 0) is 49.8 Å². The van der Waals surface area contributed by atoms with E-state index < -0.39 is 0 Å². The molecule has 0 aromatic heterocycles. The van der Waals surface area contributed by atoms with Crippen LogP contribution >= 0.6 is 0 Å². The lowest BCUT2D eigenvalue weighted by atomic mass is 9.97. The number of carbonyl (C=O) groups is 2. The monoisotopic (exact) mass is 344 g/mol. The second-order valence-corrected chi connectivity index (χ2v) is 7.77. The van der Waals surface area contributed by atoms with Crippen molar-refractivity contribution in [1.29, 1.82) is 0 Å². The summed E-state index contributed by atoms with van der Waals surface area (Å²) in [5.41, 5.74) is 4.76. The maximum Gasteiger partial charge on any atom is 0.227 e. The van der Waals surface area contributed by atoms with Gasteiger partial charge in [-0.1, -0.05) is 31.5 Å². The molecule has 1 aromatic carbocycles. The van der Waals surface area contributed by atoms with Gasteiger partial charge in [0.25, 0.3) is 0 Å². The highest BCUT2D eigenvalue weighted by atomic mass is 16.2. The summed E-state index contributed by atoms with van der Waals surface area (Å²) < 4.78 is 0. The van der Waals surface area contributed by atoms with Gasteiger partial charge in [0.15, 0.2) is 0 Å². The number of nitrogens with zero attached hydrogens (tertiary/aromatic N) is 2. The summed E-state index contributed by atoms with van der Waals surface area (Å²) in [4.78, 5) is 28.9. The van der Waals surface area contributed by atoms with Crippen LogP contribution in [0, 0.1) is 26.7 Å². The van der Waals surface area contributed by atoms with Crippen LogP contribution in [0.1, 0.15) is 48.9 Å². The van der Waals surface area contributed by atoms with Crippen molar-refractivity contribution in [3.63, 3.8) is 0 Å². The summed E-state index contributed by atoms with van der Waals surface area (Å²) in [6, 6.07) is 4.29. The zero-order valence-electron chi connectivity index (χ0n) is 16.4. The van der Waals surface area contributed by atoms with Gasteiger partial charge in [0, 0.05) is 32.6 Å². The van der Waals surface area contributed by atoms with E-state index in [1.807, 2.05) is 9.80 Å². The van der Waals surface area contributed by atoms with Crippen molar-refractivity contribution < 1.29 is 9.59 Å². The molecule has 1 saturated heterocycles. The lowest BCUT2D eigenvalue weighted by Gasteiger charge is -2.23. The Kier molecular flexibility index (Phi) is 6.63. The summed E-state index contributed by atoms with van der Waals surface area (Å²) in [5.74, 6) is 0.767. The molecule has 1 fully saturated rings. The van der Waals surface area contributed by atoms with Gasteiger partial charge in [-0.2, -0.15) is 0 Å². The fourth-order valence-electron chi connectivity index (χ4n) is 3.65. The summed E-state index contributed by atoms with van der Waals surface area (Å²) >= 11 is 0. The summed E-state index contributed by atoms with van der Waals surface area (Å²) in [5, 5.41) is 0. The third kappa shape index (κ3) is 5.32. The minimum absolute atomic E-state index is 0.174. The summed E-state index contributed by atoms with van der Waals surface area (Å²) in [7, 11) is 0. The van der Waals surface area contributed by atoms with E-state index in [-0.39, 0.29) is 11.8 Å². The number of hydrogen-bond donors (Lipinski definition) is 0. The van der Waals surface area contributed by atoms with E-state index >= 15 is 0 Å². The first-order valence-electron chi connectivity index (χ1n) is 9.40. The highest BCUT2D eigenvalue weighted by molar-refractivity contribution is 5.80. The van der Waals surface area contributed by atoms with Crippen molar-refractivity contribution >= 4 is 11.8 Å². The topological polar surface area (TPSA) is 40.6 Å². The van der Waals surface area contributed by atoms with Crippen LogP contribution in [0.2, 0.25) is 0 Å². The van der Waals surface area contributed by atoms with Crippen molar-refractivity contribution in [2.45, 2.75) is 53.9 Å². The van der Waals surface area contributed by atoms with Crippen molar-refractivity contribution in [3.8, 4) is 0 Å². The molecule has 0 aliphatic carbocycles. The predicted molar refractivity (Wildman–Crippen MR) is 102 cm³/mol. The SMILES string of the molecule is Cc1cc(C)c(CC(=O)N2CCCN(C(=O)CC(C)C)CC2)c(C)c1. The van der Waals surface area contributed by atoms with E-state index in [0.717, 1.165) is 25.1 Å². The van der Waals surface area contributed by atoms with Crippen molar-refractivity contribution in [2.24, 2.45) is 5.92 Å². The van der Waals surface area contributed by atoms with Gasteiger partial charge in [-0.15, -0.1) is 0 Å². The average molecular weight is 344 g/mol. The number of rotatable bonds is 4. The van der Waals surface area contributed by atoms with Gasteiger partial charge in [-0.3, -0.25) is 9.59 Å². The fraction of sp³-hybridized carbons (Fsp3) is 0.619. The van der Waals surface area contributed by atoms with Crippen LogP contribution in [0.3, 0.4) is 0 Å². The molecule has 1 aromatic rings. The minimum atomic E-state index is 0.174. The first-order chi connectivity index (χ1) is 11.8. The Morgan fingerprint density at radius 1 is 0.920 bits per heavy atom. The lowest BCUT2D eigenvalue weighted by Crippen LogP contribution is -2.38. The minimum Gasteiger partial charge on any atom is -0.341 e. The van der Waals surface area contributed by atoms with Crippen LogP contribution in [0.4, 0.5) is 0 Å². The second-order valence-electron chi connectivity index (χ2n) is 7.77. The third-order valence-corrected chi connectivity index (χ3v) is 4.95. The van der Waals surface area contributed by atoms with Gasteiger partial charge in [0.05, 0.1) is 6.42 Å². The number of benzene rings is 1. The van der Waals surface area contributed by atoms with Gasteiger partial charge in [0.1, 0.15) is 0 Å². The van der Waals surface area contributed by atoms with E-state index in [2.05, 4.69) is 46.8 Å². The second kappa shape index (κ2) is 8.50. The van der Waals surface area contributed by atoms with Gasteiger partial charge < -0.3 is 9.80 Å². The first-order valence-corrected chi connectivity index (χ1v) is 9.40. The first kappa shape index (κ1) is 19.5. The van der Waals surface area contributed by atoms with E-state index in [0.29, 0.717) is 31.8 Å².